The fourth-order valence-corrected chi connectivity index (χ4v) is 2.21. The Labute approximate surface area is 120 Å². The Morgan fingerprint density at radius 1 is 1.10 bits per heavy atom. The summed E-state index contributed by atoms with van der Waals surface area (Å²) < 4.78 is 44.9. The van der Waals surface area contributed by atoms with Gasteiger partial charge in [0, 0.05) is 0 Å². The fourth-order valence-electron chi connectivity index (χ4n) is 2.21. The number of aryl methyl sites for hydroxylation is 1. The van der Waals surface area contributed by atoms with Crippen LogP contribution in [0.3, 0.4) is 0 Å². The minimum Gasteiger partial charge on any atom is -0.497 e. The van der Waals surface area contributed by atoms with Crippen LogP contribution in [0.15, 0.2) is 30.3 Å². The highest BCUT2D eigenvalue weighted by molar-refractivity contribution is 5.41. The van der Waals surface area contributed by atoms with Crippen molar-refractivity contribution in [1.29, 1.82) is 0 Å². The normalized spacial score (nSPS) is 12.3. The van der Waals surface area contributed by atoms with Crippen molar-refractivity contribution in [2.24, 2.45) is 5.84 Å². The summed E-state index contributed by atoms with van der Waals surface area (Å²) in [5, 5.41) is 0. The van der Waals surface area contributed by atoms with Gasteiger partial charge in [0.15, 0.2) is 17.5 Å². The molecule has 0 spiro atoms. The first-order valence-electron chi connectivity index (χ1n) is 6.23. The lowest BCUT2D eigenvalue weighted by atomic mass is 9.95. The first-order chi connectivity index (χ1) is 9.97. The Bertz CT molecular complexity index is 638. The molecule has 1 unspecified atom stereocenters. The van der Waals surface area contributed by atoms with Gasteiger partial charge in [0.2, 0.25) is 0 Å². The summed E-state index contributed by atoms with van der Waals surface area (Å²) in [4.78, 5) is 0. The van der Waals surface area contributed by atoms with Crippen molar-refractivity contribution in [1.82, 2.24) is 5.43 Å². The molecule has 0 saturated carbocycles. The second-order valence-electron chi connectivity index (χ2n) is 4.62. The van der Waals surface area contributed by atoms with Crippen LogP contribution in [0.1, 0.15) is 22.7 Å². The molecule has 0 aliphatic rings. The maximum Gasteiger partial charge on any atom is 0.194 e. The number of rotatable bonds is 4. The number of nitrogens with two attached hydrogens (primary N) is 1. The Kier molecular flexibility index (Phi) is 4.50. The molecule has 3 N–H and O–H groups in total. The third-order valence-electron chi connectivity index (χ3n) is 3.29. The molecule has 1 atom stereocenters. The minimum atomic E-state index is -1.50. The van der Waals surface area contributed by atoms with E-state index in [1.165, 1.54) is 7.11 Å². The topological polar surface area (TPSA) is 47.3 Å². The van der Waals surface area contributed by atoms with E-state index in [9.17, 15) is 13.2 Å². The molecule has 0 aromatic heterocycles. The second kappa shape index (κ2) is 6.15. The molecule has 0 radical (unpaired) electrons. The quantitative estimate of drug-likeness (QED) is 0.518. The Morgan fingerprint density at radius 2 is 1.71 bits per heavy atom. The SMILES string of the molecule is COc1ccc(C(NN)c2cc(F)c(F)c(F)c2)c(C)c1. The summed E-state index contributed by atoms with van der Waals surface area (Å²) in [5.74, 6) is 2.14. The summed E-state index contributed by atoms with van der Waals surface area (Å²) in [5.41, 5.74) is 4.22. The van der Waals surface area contributed by atoms with Crippen molar-refractivity contribution in [3.8, 4) is 5.75 Å². The molecule has 6 heteroatoms. The highest BCUT2D eigenvalue weighted by atomic mass is 19.2. The van der Waals surface area contributed by atoms with E-state index in [1.807, 2.05) is 6.92 Å². The van der Waals surface area contributed by atoms with Gasteiger partial charge in [-0.05, 0) is 47.9 Å². The average Bonchev–Trinajstić information content (AvgIpc) is 2.46. The number of hydrogen-bond donors (Lipinski definition) is 2. The van der Waals surface area contributed by atoms with E-state index in [0.717, 1.165) is 17.7 Å². The van der Waals surface area contributed by atoms with Crippen LogP contribution in [0.2, 0.25) is 0 Å². The lowest BCUT2D eigenvalue weighted by molar-refractivity contribution is 0.414. The number of benzene rings is 2. The molecular formula is C15H15F3N2O. The van der Waals surface area contributed by atoms with Crippen molar-refractivity contribution in [2.45, 2.75) is 13.0 Å². The van der Waals surface area contributed by atoms with Crippen LogP contribution in [0.25, 0.3) is 0 Å². The predicted molar refractivity (Wildman–Crippen MR) is 73.2 cm³/mol. The number of halogens is 3. The van der Waals surface area contributed by atoms with E-state index in [-0.39, 0.29) is 5.56 Å². The van der Waals surface area contributed by atoms with Gasteiger partial charge < -0.3 is 4.74 Å². The van der Waals surface area contributed by atoms with Crippen molar-refractivity contribution in [2.75, 3.05) is 7.11 Å². The molecule has 0 aliphatic carbocycles. The Morgan fingerprint density at radius 3 is 2.19 bits per heavy atom. The van der Waals surface area contributed by atoms with Crippen LogP contribution in [0.4, 0.5) is 13.2 Å². The highest BCUT2D eigenvalue weighted by Crippen LogP contribution is 2.28. The van der Waals surface area contributed by atoms with Crippen LogP contribution in [0, 0.1) is 24.4 Å². The number of methoxy groups -OCH3 is 1. The molecule has 0 amide bonds. The van der Waals surface area contributed by atoms with E-state index in [0.29, 0.717) is 11.3 Å². The van der Waals surface area contributed by atoms with E-state index < -0.39 is 23.5 Å². The van der Waals surface area contributed by atoms with Gasteiger partial charge in [-0.3, -0.25) is 5.84 Å². The summed E-state index contributed by atoms with van der Waals surface area (Å²) >= 11 is 0. The fraction of sp³-hybridized carbons (Fsp3) is 0.200. The zero-order valence-electron chi connectivity index (χ0n) is 11.6. The van der Waals surface area contributed by atoms with E-state index >= 15 is 0 Å². The van der Waals surface area contributed by atoms with Crippen LogP contribution in [-0.2, 0) is 0 Å². The maximum atomic E-state index is 13.4. The van der Waals surface area contributed by atoms with Gasteiger partial charge in [-0.1, -0.05) is 6.07 Å². The van der Waals surface area contributed by atoms with E-state index in [4.69, 9.17) is 10.6 Å². The van der Waals surface area contributed by atoms with Gasteiger partial charge in [0.25, 0.3) is 0 Å². The summed E-state index contributed by atoms with van der Waals surface area (Å²) in [6, 6.07) is 6.40. The van der Waals surface area contributed by atoms with E-state index in [2.05, 4.69) is 5.43 Å². The van der Waals surface area contributed by atoms with Crippen molar-refractivity contribution in [3.63, 3.8) is 0 Å². The summed E-state index contributed by atoms with van der Waals surface area (Å²) in [7, 11) is 1.54. The second-order valence-corrected chi connectivity index (χ2v) is 4.62. The molecule has 0 fully saturated rings. The number of hydrogen-bond acceptors (Lipinski definition) is 3. The monoisotopic (exact) mass is 296 g/mol. The Balaban J connectivity index is 2.49. The average molecular weight is 296 g/mol. The molecule has 112 valence electrons. The minimum absolute atomic E-state index is 0.196. The van der Waals surface area contributed by atoms with E-state index in [1.54, 1.807) is 18.2 Å². The lowest BCUT2D eigenvalue weighted by Gasteiger charge is -2.20. The highest BCUT2D eigenvalue weighted by Gasteiger charge is 2.19. The molecule has 0 saturated heterocycles. The Hall–Kier alpha value is -2.05. The van der Waals surface area contributed by atoms with Crippen molar-refractivity contribution >= 4 is 0 Å². The molecular weight excluding hydrogens is 281 g/mol. The van der Waals surface area contributed by atoms with Crippen LogP contribution >= 0.6 is 0 Å². The number of ether oxygens (including phenoxy) is 1. The molecule has 2 aromatic rings. The standard InChI is InChI=1S/C15H15F3N2O/c1-8-5-10(21-2)3-4-11(8)15(20-19)9-6-12(16)14(18)13(17)7-9/h3-7,15,20H,19H2,1-2H3. The van der Waals surface area contributed by atoms with Gasteiger partial charge in [-0.25, -0.2) is 18.6 Å². The molecule has 2 rings (SSSR count). The third kappa shape index (κ3) is 3.01. The van der Waals surface area contributed by atoms with Gasteiger partial charge in [-0.15, -0.1) is 0 Å². The van der Waals surface area contributed by atoms with Gasteiger partial charge in [0.05, 0.1) is 13.2 Å². The van der Waals surface area contributed by atoms with Crippen LogP contribution in [-0.4, -0.2) is 7.11 Å². The number of nitrogens with one attached hydrogen (secondary N) is 1. The zero-order valence-corrected chi connectivity index (χ0v) is 11.6. The zero-order chi connectivity index (χ0) is 15.6. The molecule has 0 heterocycles. The number of hydrazine groups is 1. The summed E-state index contributed by atoms with van der Waals surface area (Å²) in [6.45, 7) is 1.82. The van der Waals surface area contributed by atoms with Gasteiger partial charge in [-0.2, -0.15) is 0 Å². The van der Waals surface area contributed by atoms with Gasteiger partial charge in [0.1, 0.15) is 5.75 Å². The molecule has 0 aliphatic heterocycles. The third-order valence-corrected chi connectivity index (χ3v) is 3.29. The van der Waals surface area contributed by atoms with Crippen LogP contribution < -0.4 is 16.0 Å². The molecule has 3 nitrogen and oxygen atoms in total. The molecule has 21 heavy (non-hydrogen) atoms. The summed E-state index contributed by atoms with van der Waals surface area (Å²) in [6.07, 6.45) is 0. The van der Waals surface area contributed by atoms with Gasteiger partial charge >= 0.3 is 0 Å². The first-order valence-corrected chi connectivity index (χ1v) is 6.23. The first kappa shape index (κ1) is 15.3. The van der Waals surface area contributed by atoms with Crippen LogP contribution in [0.5, 0.6) is 5.75 Å². The largest absolute Gasteiger partial charge is 0.497 e. The molecule has 0 bridgehead atoms. The van der Waals surface area contributed by atoms with Crippen molar-refractivity contribution in [3.05, 3.63) is 64.5 Å². The van der Waals surface area contributed by atoms with Crippen molar-refractivity contribution < 1.29 is 17.9 Å². The predicted octanol–water partition coefficient (Wildman–Crippen LogP) is 2.97. The maximum absolute atomic E-state index is 13.4. The lowest BCUT2D eigenvalue weighted by Crippen LogP contribution is -2.29. The smallest absolute Gasteiger partial charge is 0.194 e. The molecule has 2 aromatic carbocycles.